The number of esters is 1. The molecule has 0 aliphatic rings. The van der Waals surface area contributed by atoms with E-state index in [2.05, 4.69) is 6.58 Å². The van der Waals surface area contributed by atoms with E-state index in [0.29, 0.717) is 13.0 Å². The fourth-order valence-corrected chi connectivity index (χ4v) is 1.85. The van der Waals surface area contributed by atoms with Gasteiger partial charge in [-0.25, -0.2) is 4.79 Å². The molecule has 0 aliphatic heterocycles. The molecule has 0 aromatic heterocycles. The second kappa shape index (κ2) is 8.16. The number of hydrogen-bond donors (Lipinski definition) is 0. The van der Waals surface area contributed by atoms with Gasteiger partial charge in [0.15, 0.2) is 0 Å². The van der Waals surface area contributed by atoms with Gasteiger partial charge in [0.2, 0.25) is 0 Å². The summed E-state index contributed by atoms with van der Waals surface area (Å²) < 4.78 is 5.17. The van der Waals surface area contributed by atoms with Crippen LogP contribution in [0.2, 0.25) is 0 Å². The van der Waals surface area contributed by atoms with Crippen LogP contribution < -0.4 is 0 Å². The zero-order valence-electron chi connectivity index (χ0n) is 12.5. The SMILES string of the molecule is C=C(C)C(C/C=C/C(=O)OCc1ccccc1)=C(C)C. The number of ether oxygens (including phenoxy) is 1. The molecule has 1 aromatic rings. The van der Waals surface area contributed by atoms with Crippen LogP contribution in [0.5, 0.6) is 0 Å². The van der Waals surface area contributed by atoms with Crippen molar-refractivity contribution in [2.24, 2.45) is 0 Å². The molecular formula is C18H22O2. The van der Waals surface area contributed by atoms with Crippen molar-refractivity contribution in [2.45, 2.75) is 33.8 Å². The molecule has 0 saturated carbocycles. The van der Waals surface area contributed by atoms with Gasteiger partial charge in [0.1, 0.15) is 6.61 Å². The van der Waals surface area contributed by atoms with E-state index in [0.717, 1.165) is 11.1 Å². The Balaban J connectivity index is 2.45. The highest BCUT2D eigenvalue weighted by Gasteiger charge is 2.01. The van der Waals surface area contributed by atoms with Gasteiger partial charge in [-0.1, -0.05) is 54.1 Å². The van der Waals surface area contributed by atoms with Crippen molar-refractivity contribution in [3.8, 4) is 0 Å². The van der Waals surface area contributed by atoms with Crippen molar-refractivity contribution in [3.05, 3.63) is 71.3 Å². The number of carbonyl (C=O) groups excluding carboxylic acids is 1. The second-order valence-corrected chi connectivity index (χ2v) is 4.96. The van der Waals surface area contributed by atoms with Gasteiger partial charge in [0, 0.05) is 6.08 Å². The van der Waals surface area contributed by atoms with E-state index >= 15 is 0 Å². The zero-order chi connectivity index (χ0) is 15.0. The lowest BCUT2D eigenvalue weighted by atomic mass is 10.0. The molecule has 0 heterocycles. The lowest BCUT2D eigenvalue weighted by Gasteiger charge is -2.06. The van der Waals surface area contributed by atoms with E-state index < -0.39 is 0 Å². The van der Waals surface area contributed by atoms with Crippen molar-refractivity contribution in [3.63, 3.8) is 0 Å². The molecule has 0 unspecified atom stereocenters. The van der Waals surface area contributed by atoms with E-state index in [1.165, 1.54) is 17.2 Å². The van der Waals surface area contributed by atoms with Crippen molar-refractivity contribution >= 4 is 5.97 Å². The molecule has 106 valence electrons. The van der Waals surface area contributed by atoms with Crippen LogP contribution in [0, 0.1) is 0 Å². The predicted octanol–water partition coefficient (Wildman–Crippen LogP) is 4.59. The second-order valence-electron chi connectivity index (χ2n) is 4.96. The number of allylic oxidation sites excluding steroid dienone is 4. The first-order valence-electron chi connectivity index (χ1n) is 6.70. The average molecular weight is 270 g/mol. The van der Waals surface area contributed by atoms with Crippen molar-refractivity contribution in [2.75, 3.05) is 0 Å². The van der Waals surface area contributed by atoms with E-state index in [4.69, 9.17) is 4.74 Å². The van der Waals surface area contributed by atoms with Crippen LogP contribution in [0.4, 0.5) is 0 Å². The molecule has 0 amide bonds. The molecule has 0 bridgehead atoms. The van der Waals surface area contributed by atoms with Gasteiger partial charge in [-0.05, 0) is 38.3 Å². The molecule has 0 atom stereocenters. The first kappa shape index (κ1) is 16.0. The van der Waals surface area contributed by atoms with Gasteiger partial charge < -0.3 is 4.74 Å². The molecule has 0 saturated heterocycles. The van der Waals surface area contributed by atoms with Gasteiger partial charge in [0.05, 0.1) is 0 Å². The summed E-state index contributed by atoms with van der Waals surface area (Å²) in [6.07, 6.45) is 4.01. The molecular weight excluding hydrogens is 248 g/mol. The predicted molar refractivity (Wildman–Crippen MR) is 83.2 cm³/mol. The van der Waals surface area contributed by atoms with Crippen LogP contribution in [0.15, 0.2) is 65.8 Å². The first-order chi connectivity index (χ1) is 9.50. The largest absolute Gasteiger partial charge is 0.458 e. The summed E-state index contributed by atoms with van der Waals surface area (Å²) in [7, 11) is 0. The minimum atomic E-state index is -0.316. The number of hydrogen-bond acceptors (Lipinski definition) is 2. The molecule has 20 heavy (non-hydrogen) atoms. The topological polar surface area (TPSA) is 26.3 Å². The molecule has 2 nitrogen and oxygen atoms in total. The maximum absolute atomic E-state index is 11.6. The molecule has 2 heteroatoms. The summed E-state index contributed by atoms with van der Waals surface area (Å²) in [5.41, 5.74) is 4.42. The van der Waals surface area contributed by atoms with Crippen LogP contribution in [-0.2, 0) is 16.1 Å². The summed E-state index contributed by atoms with van der Waals surface area (Å²) in [4.78, 5) is 11.6. The molecule has 0 aliphatic carbocycles. The molecule has 0 N–H and O–H groups in total. The Hall–Kier alpha value is -2.09. The number of benzene rings is 1. The number of rotatable bonds is 6. The average Bonchev–Trinajstić information content (AvgIpc) is 2.41. The Morgan fingerprint density at radius 3 is 2.40 bits per heavy atom. The highest BCUT2D eigenvalue weighted by atomic mass is 16.5. The normalized spacial score (nSPS) is 10.3. The van der Waals surface area contributed by atoms with E-state index in [9.17, 15) is 4.79 Å². The molecule has 0 spiro atoms. The third-order valence-corrected chi connectivity index (χ3v) is 2.92. The Morgan fingerprint density at radius 1 is 1.20 bits per heavy atom. The maximum atomic E-state index is 11.6. The molecule has 1 rings (SSSR count). The highest BCUT2D eigenvalue weighted by molar-refractivity contribution is 5.81. The van der Waals surface area contributed by atoms with Gasteiger partial charge in [-0.2, -0.15) is 0 Å². The van der Waals surface area contributed by atoms with Crippen LogP contribution in [0.3, 0.4) is 0 Å². The monoisotopic (exact) mass is 270 g/mol. The Kier molecular flexibility index (Phi) is 6.51. The standard InChI is InChI=1S/C18H22O2/c1-14(2)17(15(3)4)11-8-12-18(19)20-13-16-9-6-5-7-10-16/h5-10,12H,1,11,13H2,2-4H3/b12-8+. The van der Waals surface area contributed by atoms with Crippen LogP contribution in [0.25, 0.3) is 0 Å². The maximum Gasteiger partial charge on any atom is 0.330 e. The third-order valence-electron chi connectivity index (χ3n) is 2.92. The Bertz CT molecular complexity index is 518. The zero-order valence-corrected chi connectivity index (χ0v) is 12.5. The lowest BCUT2D eigenvalue weighted by molar-refractivity contribution is -0.139. The highest BCUT2D eigenvalue weighted by Crippen LogP contribution is 2.17. The minimum Gasteiger partial charge on any atom is -0.458 e. The van der Waals surface area contributed by atoms with Crippen molar-refractivity contribution < 1.29 is 9.53 Å². The first-order valence-corrected chi connectivity index (χ1v) is 6.70. The van der Waals surface area contributed by atoms with Crippen molar-refractivity contribution in [1.82, 2.24) is 0 Å². The summed E-state index contributed by atoms with van der Waals surface area (Å²) in [5, 5.41) is 0. The van der Waals surface area contributed by atoms with E-state index in [1.54, 1.807) is 0 Å². The van der Waals surface area contributed by atoms with Crippen LogP contribution in [0.1, 0.15) is 32.8 Å². The molecule has 1 aromatic carbocycles. The fraction of sp³-hybridized carbons (Fsp3) is 0.278. The Labute approximate surface area is 121 Å². The van der Waals surface area contributed by atoms with Gasteiger partial charge in [-0.3, -0.25) is 0 Å². The van der Waals surface area contributed by atoms with E-state index in [-0.39, 0.29) is 5.97 Å². The van der Waals surface area contributed by atoms with Gasteiger partial charge in [-0.15, -0.1) is 0 Å². The van der Waals surface area contributed by atoms with Gasteiger partial charge in [0.25, 0.3) is 0 Å². The molecule has 0 radical (unpaired) electrons. The quantitative estimate of drug-likeness (QED) is 0.429. The fourth-order valence-electron chi connectivity index (χ4n) is 1.85. The summed E-state index contributed by atoms with van der Waals surface area (Å²) in [5.74, 6) is -0.316. The summed E-state index contributed by atoms with van der Waals surface area (Å²) in [6, 6.07) is 9.64. The number of carbonyl (C=O) groups is 1. The smallest absolute Gasteiger partial charge is 0.330 e. The lowest BCUT2D eigenvalue weighted by Crippen LogP contribution is -2.00. The van der Waals surface area contributed by atoms with Gasteiger partial charge >= 0.3 is 5.97 Å². The van der Waals surface area contributed by atoms with E-state index in [1.807, 2.05) is 57.2 Å². The minimum absolute atomic E-state index is 0.306. The molecule has 0 fully saturated rings. The third kappa shape index (κ3) is 5.70. The summed E-state index contributed by atoms with van der Waals surface area (Å²) >= 11 is 0. The van der Waals surface area contributed by atoms with Crippen molar-refractivity contribution in [1.29, 1.82) is 0 Å². The Morgan fingerprint density at radius 2 is 1.85 bits per heavy atom. The van der Waals surface area contributed by atoms with Crippen LogP contribution in [-0.4, -0.2) is 5.97 Å². The van der Waals surface area contributed by atoms with Crippen LogP contribution >= 0.6 is 0 Å². The summed E-state index contributed by atoms with van der Waals surface area (Å²) in [6.45, 7) is 10.3.